The molecule has 0 aliphatic carbocycles. The normalized spacial score (nSPS) is 22.7. The number of anilines is 1. The zero-order valence-electron chi connectivity index (χ0n) is 15.2. The maximum atomic E-state index is 12.7. The molecule has 7 nitrogen and oxygen atoms in total. The molecular formula is C18H28N4O3. The zero-order valence-corrected chi connectivity index (χ0v) is 15.2. The molecular weight excluding hydrogens is 320 g/mol. The molecule has 0 spiro atoms. The number of nitrogens with zero attached hydrogens (tertiary/aromatic N) is 4. The van der Waals surface area contributed by atoms with E-state index in [1.165, 1.54) is 0 Å². The van der Waals surface area contributed by atoms with Crippen molar-refractivity contribution in [2.24, 2.45) is 0 Å². The van der Waals surface area contributed by atoms with Crippen LogP contribution in [0.2, 0.25) is 0 Å². The molecule has 1 amide bonds. The number of hydrogen-bond donors (Lipinski definition) is 0. The maximum Gasteiger partial charge on any atom is 0.251 e. The van der Waals surface area contributed by atoms with Gasteiger partial charge in [-0.3, -0.25) is 4.79 Å². The van der Waals surface area contributed by atoms with Crippen LogP contribution in [-0.4, -0.2) is 72.6 Å². The Bertz CT molecular complexity index is 560. The molecule has 3 rings (SSSR count). The molecule has 1 aromatic heterocycles. The van der Waals surface area contributed by atoms with Crippen molar-refractivity contribution in [3.63, 3.8) is 0 Å². The van der Waals surface area contributed by atoms with Crippen LogP contribution in [0.1, 0.15) is 31.9 Å². The fourth-order valence-electron chi connectivity index (χ4n) is 3.28. The Labute approximate surface area is 149 Å². The number of rotatable bonds is 5. The summed E-state index contributed by atoms with van der Waals surface area (Å²) >= 11 is 0. The molecule has 0 aromatic carbocycles. The van der Waals surface area contributed by atoms with Crippen LogP contribution in [-0.2, 0) is 14.3 Å². The average Bonchev–Trinajstić information content (AvgIpc) is 3.03. The quantitative estimate of drug-likeness (QED) is 0.801. The molecule has 0 unspecified atom stereocenters. The van der Waals surface area contributed by atoms with Crippen molar-refractivity contribution in [2.45, 2.75) is 45.3 Å². The first kappa shape index (κ1) is 18.1. The number of amides is 1. The van der Waals surface area contributed by atoms with Crippen molar-refractivity contribution in [3.8, 4) is 0 Å². The maximum absolute atomic E-state index is 12.7. The Kier molecular flexibility index (Phi) is 6.20. The Balaban J connectivity index is 1.49. The monoisotopic (exact) mass is 348 g/mol. The summed E-state index contributed by atoms with van der Waals surface area (Å²) in [6, 6.07) is 3.96. The van der Waals surface area contributed by atoms with Crippen LogP contribution in [0.3, 0.4) is 0 Å². The second-order valence-corrected chi connectivity index (χ2v) is 6.81. The molecule has 2 atom stereocenters. The summed E-state index contributed by atoms with van der Waals surface area (Å²) < 4.78 is 11.3. The second-order valence-electron chi connectivity index (χ2n) is 6.81. The fourth-order valence-corrected chi connectivity index (χ4v) is 3.28. The summed E-state index contributed by atoms with van der Waals surface area (Å²) in [5.74, 6) is 0.942. The zero-order chi connectivity index (χ0) is 17.6. The highest BCUT2D eigenvalue weighted by molar-refractivity contribution is 5.80. The molecule has 2 aliphatic heterocycles. The van der Waals surface area contributed by atoms with Crippen LogP contribution in [0, 0.1) is 6.92 Å². The van der Waals surface area contributed by atoms with Gasteiger partial charge < -0.3 is 19.3 Å². The summed E-state index contributed by atoms with van der Waals surface area (Å²) in [4.78, 5) is 16.8. The second kappa shape index (κ2) is 8.58. The molecule has 138 valence electrons. The average molecular weight is 348 g/mol. The minimum Gasteiger partial charge on any atom is -0.376 e. The van der Waals surface area contributed by atoms with Gasteiger partial charge in [0, 0.05) is 32.8 Å². The van der Waals surface area contributed by atoms with Gasteiger partial charge in [-0.2, -0.15) is 5.10 Å². The van der Waals surface area contributed by atoms with E-state index in [4.69, 9.17) is 9.47 Å². The van der Waals surface area contributed by atoms with E-state index in [2.05, 4.69) is 15.1 Å². The molecule has 25 heavy (non-hydrogen) atoms. The Morgan fingerprint density at radius 2 is 2.16 bits per heavy atom. The molecule has 1 aromatic rings. The topological polar surface area (TPSA) is 67.8 Å². The lowest BCUT2D eigenvalue weighted by Gasteiger charge is -2.25. The summed E-state index contributed by atoms with van der Waals surface area (Å²) in [6.45, 7) is 8.16. The van der Waals surface area contributed by atoms with Gasteiger partial charge in [-0.1, -0.05) is 0 Å². The Morgan fingerprint density at radius 1 is 1.28 bits per heavy atom. The van der Waals surface area contributed by atoms with E-state index in [0.717, 1.165) is 57.0 Å². The lowest BCUT2D eigenvalue weighted by atomic mass is 10.2. The SMILES string of the molecule is Cc1ccc(N2CCCN(C(=O)[C@H](C)OC[C@H]3CCCO3)CC2)nn1. The van der Waals surface area contributed by atoms with Gasteiger partial charge in [0.05, 0.1) is 18.4 Å². The van der Waals surface area contributed by atoms with Gasteiger partial charge in [-0.05, 0) is 45.2 Å². The van der Waals surface area contributed by atoms with Gasteiger partial charge in [-0.25, -0.2) is 0 Å². The molecule has 0 bridgehead atoms. The van der Waals surface area contributed by atoms with Crippen LogP contribution in [0.15, 0.2) is 12.1 Å². The Hall–Kier alpha value is -1.73. The first-order valence-corrected chi connectivity index (χ1v) is 9.21. The van der Waals surface area contributed by atoms with Gasteiger partial charge >= 0.3 is 0 Å². The third kappa shape index (κ3) is 4.89. The van der Waals surface area contributed by atoms with E-state index < -0.39 is 6.10 Å². The van der Waals surface area contributed by atoms with Crippen molar-refractivity contribution in [3.05, 3.63) is 17.8 Å². The summed E-state index contributed by atoms with van der Waals surface area (Å²) in [7, 11) is 0. The van der Waals surface area contributed by atoms with Gasteiger partial charge in [-0.15, -0.1) is 5.10 Å². The Morgan fingerprint density at radius 3 is 2.88 bits per heavy atom. The van der Waals surface area contributed by atoms with E-state index in [1.54, 1.807) is 0 Å². The molecule has 0 saturated carbocycles. The van der Waals surface area contributed by atoms with E-state index >= 15 is 0 Å². The van der Waals surface area contributed by atoms with Gasteiger partial charge in [0.2, 0.25) is 0 Å². The summed E-state index contributed by atoms with van der Waals surface area (Å²) in [5, 5.41) is 8.38. The van der Waals surface area contributed by atoms with Gasteiger partial charge in [0.15, 0.2) is 5.82 Å². The molecule has 0 radical (unpaired) electrons. The van der Waals surface area contributed by atoms with Crippen LogP contribution >= 0.6 is 0 Å². The molecule has 2 saturated heterocycles. The fraction of sp³-hybridized carbons (Fsp3) is 0.722. The third-order valence-corrected chi connectivity index (χ3v) is 4.82. The minimum atomic E-state index is -0.421. The van der Waals surface area contributed by atoms with Crippen molar-refractivity contribution in [1.29, 1.82) is 0 Å². The predicted octanol–water partition coefficient (Wildman–Crippen LogP) is 1.41. The summed E-state index contributed by atoms with van der Waals surface area (Å²) in [5.41, 5.74) is 0.910. The number of ether oxygens (including phenoxy) is 2. The van der Waals surface area contributed by atoms with Crippen LogP contribution in [0.4, 0.5) is 5.82 Å². The number of aryl methyl sites for hydroxylation is 1. The number of hydrogen-bond acceptors (Lipinski definition) is 6. The van der Waals surface area contributed by atoms with E-state index in [0.29, 0.717) is 13.2 Å². The highest BCUT2D eigenvalue weighted by atomic mass is 16.5. The van der Waals surface area contributed by atoms with Crippen LogP contribution in [0.25, 0.3) is 0 Å². The minimum absolute atomic E-state index is 0.0647. The molecule has 7 heteroatoms. The smallest absolute Gasteiger partial charge is 0.251 e. The van der Waals surface area contributed by atoms with E-state index in [-0.39, 0.29) is 12.0 Å². The van der Waals surface area contributed by atoms with Crippen molar-refractivity contribution >= 4 is 11.7 Å². The molecule has 3 heterocycles. The van der Waals surface area contributed by atoms with Gasteiger partial charge in [0.25, 0.3) is 5.91 Å². The van der Waals surface area contributed by atoms with Crippen LogP contribution < -0.4 is 4.90 Å². The van der Waals surface area contributed by atoms with Crippen LogP contribution in [0.5, 0.6) is 0 Å². The number of aromatic nitrogens is 2. The third-order valence-electron chi connectivity index (χ3n) is 4.82. The number of carbonyl (C=O) groups is 1. The highest BCUT2D eigenvalue weighted by Gasteiger charge is 2.26. The van der Waals surface area contributed by atoms with Crippen molar-refractivity contribution in [2.75, 3.05) is 44.3 Å². The number of carbonyl (C=O) groups excluding carboxylic acids is 1. The largest absolute Gasteiger partial charge is 0.376 e. The highest BCUT2D eigenvalue weighted by Crippen LogP contribution is 2.15. The predicted molar refractivity (Wildman–Crippen MR) is 94.6 cm³/mol. The van der Waals surface area contributed by atoms with Crippen molar-refractivity contribution < 1.29 is 14.3 Å². The standard InChI is InChI=1S/C18H28N4O3/c1-14-6-7-17(20-19-14)21-8-4-9-22(11-10-21)18(23)15(2)25-13-16-5-3-12-24-16/h6-7,15-16H,3-5,8-13H2,1-2H3/t15-,16+/m0/s1. The van der Waals surface area contributed by atoms with E-state index in [9.17, 15) is 4.79 Å². The first-order chi connectivity index (χ1) is 12.1. The molecule has 0 N–H and O–H groups in total. The molecule has 2 fully saturated rings. The first-order valence-electron chi connectivity index (χ1n) is 9.21. The van der Waals surface area contributed by atoms with E-state index in [1.807, 2.05) is 30.9 Å². The lowest BCUT2D eigenvalue weighted by molar-refractivity contribution is -0.144. The molecule has 2 aliphatic rings. The van der Waals surface area contributed by atoms with Crippen molar-refractivity contribution in [1.82, 2.24) is 15.1 Å². The van der Waals surface area contributed by atoms with Gasteiger partial charge in [0.1, 0.15) is 6.10 Å². The lowest BCUT2D eigenvalue weighted by Crippen LogP contribution is -2.42. The summed E-state index contributed by atoms with van der Waals surface area (Å²) in [6.07, 6.45) is 2.75.